The second kappa shape index (κ2) is 7.77. The minimum Gasteiger partial charge on any atom is -0.480 e. The number of halogens is 1. The first kappa shape index (κ1) is 18.9. The number of anilines is 1. The highest BCUT2D eigenvalue weighted by atomic mass is 35.5. The maximum absolute atomic E-state index is 12.6. The van der Waals surface area contributed by atoms with Gasteiger partial charge in [0.2, 0.25) is 5.88 Å². The second-order valence-electron chi connectivity index (χ2n) is 5.50. The van der Waals surface area contributed by atoms with Gasteiger partial charge < -0.3 is 4.74 Å². The molecule has 8 nitrogen and oxygen atoms in total. The third-order valence-electron chi connectivity index (χ3n) is 3.60. The number of pyridine rings is 1. The summed E-state index contributed by atoms with van der Waals surface area (Å²) in [5, 5.41) is 0.0880. The molecule has 27 heavy (non-hydrogen) atoms. The van der Waals surface area contributed by atoms with Crippen LogP contribution in [-0.2, 0) is 16.6 Å². The van der Waals surface area contributed by atoms with Crippen molar-refractivity contribution in [1.82, 2.24) is 14.5 Å². The summed E-state index contributed by atoms with van der Waals surface area (Å²) in [6, 6.07) is 9.61. The van der Waals surface area contributed by atoms with Crippen LogP contribution in [0.5, 0.6) is 5.88 Å². The normalized spacial score (nSPS) is 11.2. The van der Waals surface area contributed by atoms with Crippen molar-refractivity contribution in [1.29, 1.82) is 0 Å². The van der Waals surface area contributed by atoms with E-state index in [0.29, 0.717) is 5.69 Å². The average Bonchev–Trinajstić information content (AvgIpc) is 2.63. The van der Waals surface area contributed by atoms with Crippen LogP contribution in [0.25, 0.3) is 0 Å². The average molecular weight is 407 g/mol. The van der Waals surface area contributed by atoms with Crippen molar-refractivity contribution >= 4 is 27.3 Å². The molecular formula is C17H15ClN4O4S. The van der Waals surface area contributed by atoms with Gasteiger partial charge in [-0.15, -0.1) is 0 Å². The van der Waals surface area contributed by atoms with Crippen LogP contribution in [0.2, 0.25) is 5.02 Å². The van der Waals surface area contributed by atoms with E-state index >= 15 is 0 Å². The van der Waals surface area contributed by atoms with Gasteiger partial charge in [-0.05, 0) is 29.8 Å². The van der Waals surface area contributed by atoms with Crippen molar-refractivity contribution in [2.24, 2.45) is 0 Å². The van der Waals surface area contributed by atoms with E-state index in [2.05, 4.69) is 14.7 Å². The van der Waals surface area contributed by atoms with Crippen LogP contribution >= 0.6 is 11.6 Å². The van der Waals surface area contributed by atoms with Crippen LogP contribution in [0, 0.1) is 0 Å². The summed E-state index contributed by atoms with van der Waals surface area (Å²) in [6.07, 6.45) is 4.18. The van der Waals surface area contributed by atoms with Gasteiger partial charge in [-0.1, -0.05) is 23.7 Å². The van der Waals surface area contributed by atoms with E-state index < -0.39 is 10.0 Å². The highest BCUT2D eigenvalue weighted by Gasteiger charge is 2.17. The fourth-order valence-corrected chi connectivity index (χ4v) is 3.68. The maximum atomic E-state index is 12.6. The molecule has 0 aliphatic rings. The largest absolute Gasteiger partial charge is 0.480 e. The van der Waals surface area contributed by atoms with Gasteiger partial charge in [0.15, 0.2) is 0 Å². The fourth-order valence-electron chi connectivity index (χ4n) is 2.36. The Morgan fingerprint density at radius 1 is 1.22 bits per heavy atom. The molecule has 0 saturated heterocycles. The lowest BCUT2D eigenvalue weighted by atomic mass is 10.2. The summed E-state index contributed by atoms with van der Waals surface area (Å²) >= 11 is 5.95. The Hall–Kier alpha value is -2.91. The number of hydrogen-bond acceptors (Lipinski definition) is 6. The molecule has 0 bridgehead atoms. The quantitative estimate of drug-likeness (QED) is 0.672. The molecule has 0 saturated carbocycles. The van der Waals surface area contributed by atoms with E-state index in [0.717, 1.165) is 11.8 Å². The predicted octanol–water partition coefficient (Wildman–Crippen LogP) is 2.15. The molecule has 3 rings (SSSR count). The molecule has 0 unspecified atom stereocenters. The first-order valence-corrected chi connectivity index (χ1v) is 9.58. The van der Waals surface area contributed by atoms with Gasteiger partial charge >= 0.3 is 5.69 Å². The Balaban J connectivity index is 1.84. The van der Waals surface area contributed by atoms with Crippen molar-refractivity contribution in [3.8, 4) is 5.88 Å². The molecule has 0 aliphatic heterocycles. The first-order valence-electron chi connectivity index (χ1n) is 7.72. The van der Waals surface area contributed by atoms with Crippen molar-refractivity contribution in [2.75, 3.05) is 11.8 Å². The SMILES string of the molecule is COc1ncc(S(=O)(=O)Nc2cccc(Cn3cccnc3=O)c2)cc1Cl. The predicted molar refractivity (Wildman–Crippen MR) is 101 cm³/mol. The fraction of sp³-hybridized carbons (Fsp3) is 0.118. The summed E-state index contributed by atoms with van der Waals surface area (Å²) in [5.74, 6) is 0.138. The van der Waals surface area contributed by atoms with E-state index in [1.807, 2.05) is 0 Å². The molecule has 0 amide bonds. The Bertz CT molecular complexity index is 1130. The second-order valence-corrected chi connectivity index (χ2v) is 7.59. The number of sulfonamides is 1. The van der Waals surface area contributed by atoms with Crippen LogP contribution < -0.4 is 15.1 Å². The Kier molecular flexibility index (Phi) is 5.43. The lowest BCUT2D eigenvalue weighted by molar-refractivity contribution is 0.397. The molecule has 1 N–H and O–H groups in total. The van der Waals surface area contributed by atoms with Gasteiger partial charge in [0.25, 0.3) is 10.0 Å². The lowest BCUT2D eigenvalue weighted by Gasteiger charge is -2.11. The van der Waals surface area contributed by atoms with E-state index in [1.54, 1.807) is 36.5 Å². The molecule has 2 aromatic heterocycles. The van der Waals surface area contributed by atoms with E-state index in [-0.39, 0.29) is 28.0 Å². The van der Waals surface area contributed by atoms with Gasteiger partial charge in [0.1, 0.15) is 9.92 Å². The smallest absolute Gasteiger partial charge is 0.347 e. The molecule has 0 aliphatic carbocycles. The summed E-state index contributed by atoms with van der Waals surface area (Å²) in [4.78, 5) is 19.2. The monoisotopic (exact) mass is 406 g/mol. The van der Waals surface area contributed by atoms with E-state index in [4.69, 9.17) is 16.3 Å². The van der Waals surface area contributed by atoms with Crippen molar-refractivity contribution in [2.45, 2.75) is 11.4 Å². The number of hydrogen-bond donors (Lipinski definition) is 1. The number of ether oxygens (including phenoxy) is 1. The number of rotatable bonds is 6. The highest BCUT2D eigenvalue weighted by Crippen LogP contribution is 2.25. The summed E-state index contributed by atoms with van der Waals surface area (Å²) in [5.41, 5.74) is 0.690. The number of aromatic nitrogens is 3. The third-order valence-corrected chi connectivity index (χ3v) is 5.22. The molecule has 140 valence electrons. The molecule has 10 heteroatoms. The van der Waals surface area contributed by atoms with E-state index in [9.17, 15) is 13.2 Å². The number of methoxy groups -OCH3 is 1. The molecule has 2 heterocycles. The van der Waals surface area contributed by atoms with Gasteiger partial charge in [-0.3, -0.25) is 9.29 Å². The van der Waals surface area contributed by atoms with Gasteiger partial charge in [0, 0.05) is 18.1 Å². The Morgan fingerprint density at radius 3 is 2.74 bits per heavy atom. The minimum absolute atomic E-state index is 0.0880. The molecular weight excluding hydrogens is 392 g/mol. The van der Waals surface area contributed by atoms with Crippen LogP contribution in [0.4, 0.5) is 5.69 Å². The lowest BCUT2D eigenvalue weighted by Crippen LogP contribution is -2.22. The van der Waals surface area contributed by atoms with Crippen LogP contribution in [-0.4, -0.2) is 30.1 Å². The minimum atomic E-state index is -3.89. The maximum Gasteiger partial charge on any atom is 0.347 e. The molecule has 0 spiro atoms. The third kappa shape index (κ3) is 4.44. The topological polar surface area (TPSA) is 103 Å². The van der Waals surface area contributed by atoms with Crippen molar-refractivity contribution < 1.29 is 13.2 Å². The Morgan fingerprint density at radius 2 is 2.04 bits per heavy atom. The van der Waals surface area contributed by atoms with Crippen LogP contribution in [0.3, 0.4) is 0 Å². The molecule has 0 fully saturated rings. The molecule has 0 atom stereocenters. The Labute approximate surface area is 160 Å². The molecule has 3 aromatic rings. The molecule has 1 aromatic carbocycles. The number of nitrogens with one attached hydrogen (secondary N) is 1. The molecule has 0 radical (unpaired) electrons. The summed E-state index contributed by atoms with van der Waals surface area (Å²) < 4.78 is 33.9. The zero-order chi connectivity index (χ0) is 19.4. The van der Waals surface area contributed by atoms with E-state index in [1.165, 1.54) is 23.9 Å². The van der Waals surface area contributed by atoms with Gasteiger partial charge in [-0.25, -0.2) is 23.2 Å². The van der Waals surface area contributed by atoms with Gasteiger partial charge in [0.05, 0.1) is 19.9 Å². The van der Waals surface area contributed by atoms with Crippen LogP contribution in [0.15, 0.2) is 64.7 Å². The summed E-state index contributed by atoms with van der Waals surface area (Å²) in [6.45, 7) is 0.262. The number of benzene rings is 1. The first-order chi connectivity index (χ1) is 12.9. The zero-order valence-corrected chi connectivity index (χ0v) is 15.7. The number of nitrogens with zero attached hydrogens (tertiary/aromatic N) is 3. The van der Waals surface area contributed by atoms with Crippen molar-refractivity contribution in [3.05, 3.63) is 76.1 Å². The zero-order valence-electron chi connectivity index (χ0n) is 14.2. The summed E-state index contributed by atoms with van der Waals surface area (Å²) in [7, 11) is -2.50. The van der Waals surface area contributed by atoms with Crippen molar-refractivity contribution in [3.63, 3.8) is 0 Å². The van der Waals surface area contributed by atoms with Crippen LogP contribution in [0.1, 0.15) is 5.56 Å². The standard InChI is InChI=1S/C17H15ClN4O4S/c1-26-16-15(18)9-14(10-20-16)27(24,25)21-13-5-2-4-12(8-13)11-22-7-3-6-19-17(22)23/h2-10,21H,11H2,1H3. The highest BCUT2D eigenvalue weighted by molar-refractivity contribution is 7.92. The van der Waals surface area contributed by atoms with Gasteiger partial charge in [-0.2, -0.15) is 0 Å².